The van der Waals surface area contributed by atoms with Crippen LogP contribution < -0.4 is 10.6 Å². The fourth-order valence-electron chi connectivity index (χ4n) is 3.34. The van der Waals surface area contributed by atoms with Crippen LogP contribution in [0.4, 0.5) is 4.79 Å². The molecule has 2 rings (SSSR count). The highest BCUT2D eigenvalue weighted by molar-refractivity contribution is 5.95. The lowest BCUT2D eigenvalue weighted by Crippen LogP contribution is -2.46. The number of hydrogen-bond acceptors (Lipinski definition) is 4. The summed E-state index contributed by atoms with van der Waals surface area (Å²) < 4.78 is 4.99. The number of likely N-dealkylation sites (tertiary alicyclic amines) is 1. The Hall–Kier alpha value is -2.57. The number of piperidine rings is 1. The van der Waals surface area contributed by atoms with Crippen LogP contribution in [0, 0.1) is 13.8 Å². The molecule has 0 atom stereocenters. The first-order chi connectivity index (χ1) is 13.4. The number of hydrogen-bond donors (Lipinski definition) is 2. The molecule has 0 saturated carbocycles. The van der Waals surface area contributed by atoms with Crippen LogP contribution in [0.5, 0.6) is 0 Å². The van der Waals surface area contributed by atoms with E-state index < -0.39 is 0 Å². The molecule has 0 aliphatic carbocycles. The molecule has 0 aromatic heterocycles. The van der Waals surface area contributed by atoms with Gasteiger partial charge in [0.05, 0.1) is 6.61 Å². The molecule has 2 N–H and O–H groups in total. The maximum absolute atomic E-state index is 12.2. The minimum absolute atomic E-state index is 0.0182. The average molecular weight is 389 g/mol. The zero-order chi connectivity index (χ0) is 20.5. The van der Waals surface area contributed by atoms with Crippen LogP contribution in [0.1, 0.15) is 54.1 Å². The van der Waals surface area contributed by atoms with Crippen molar-refractivity contribution in [2.24, 2.45) is 0 Å². The van der Waals surface area contributed by atoms with Crippen molar-refractivity contribution in [3.8, 4) is 0 Å². The zero-order valence-electron chi connectivity index (χ0n) is 17.0. The molecule has 0 unspecified atom stereocenters. The van der Waals surface area contributed by atoms with Gasteiger partial charge in [-0.15, -0.1) is 0 Å². The van der Waals surface area contributed by atoms with Crippen molar-refractivity contribution in [3.05, 3.63) is 34.9 Å². The third-order valence-electron chi connectivity index (χ3n) is 4.88. The summed E-state index contributed by atoms with van der Waals surface area (Å²) in [7, 11) is 0. The molecule has 7 nitrogen and oxygen atoms in total. The fraction of sp³-hybridized carbons (Fsp3) is 0.571. The Morgan fingerprint density at radius 3 is 2.54 bits per heavy atom. The maximum atomic E-state index is 12.2. The maximum Gasteiger partial charge on any atom is 0.409 e. The number of rotatable bonds is 7. The van der Waals surface area contributed by atoms with Crippen LogP contribution in [0.2, 0.25) is 0 Å². The van der Waals surface area contributed by atoms with Crippen molar-refractivity contribution >= 4 is 17.9 Å². The Kier molecular flexibility index (Phi) is 8.29. The Labute approximate surface area is 166 Å². The van der Waals surface area contributed by atoms with Gasteiger partial charge in [-0.2, -0.15) is 0 Å². The first-order valence-corrected chi connectivity index (χ1v) is 9.97. The van der Waals surface area contributed by atoms with Gasteiger partial charge in [0.1, 0.15) is 0 Å². The number of benzene rings is 1. The van der Waals surface area contributed by atoms with Crippen molar-refractivity contribution in [2.45, 2.75) is 52.5 Å². The van der Waals surface area contributed by atoms with Gasteiger partial charge in [-0.3, -0.25) is 9.59 Å². The topological polar surface area (TPSA) is 87.7 Å². The van der Waals surface area contributed by atoms with Gasteiger partial charge in [0, 0.05) is 37.7 Å². The number of nitrogens with one attached hydrogen (secondary N) is 2. The van der Waals surface area contributed by atoms with Gasteiger partial charge in [-0.1, -0.05) is 17.7 Å². The third-order valence-corrected chi connectivity index (χ3v) is 4.88. The van der Waals surface area contributed by atoms with Gasteiger partial charge in [0.25, 0.3) is 5.91 Å². The van der Waals surface area contributed by atoms with Crippen molar-refractivity contribution in [3.63, 3.8) is 0 Å². The van der Waals surface area contributed by atoms with Crippen LogP contribution in [0.3, 0.4) is 0 Å². The van der Waals surface area contributed by atoms with Crippen LogP contribution >= 0.6 is 0 Å². The molecule has 0 radical (unpaired) electrons. The summed E-state index contributed by atoms with van der Waals surface area (Å²) in [6.07, 6.45) is 2.13. The zero-order valence-corrected chi connectivity index (χ0v) is 17.0. The van der Waals surface area contributed by atoms with Crippen LogP contribution in [-0.4, -0.2) is 55.1 Å². The second-order valence-electron chi connectivity index (χ2n) is 7.21. The SMILES string of the molecule is CCOC(=O)N1CCC(NC(=O)CCCNC(=O)c2ccc(C)cc2C)CC1. The summed E-state index contributed by atoms with van der Waals surface area (Å²) in [5.74, 6) is -0.125. The van der Waals surface area contributed by atoms with Crippen molar-refractivity contribution in [2.75, 3.05) is 26.2 Å². The van der Waals surface area contributed by atoms with Gasteiger partial charge in [-0.05, 0) is 51.7 Å². The molecular weight excluding hydrogens is 358 g/mol. The molecule has 1 heterocycles. The van der Waals surface area contributed by atoms with E-state index in [1.54, 1.807) is 11.8 Å². The fourth-order valence-corrected chi connectivity index (χ4v) is 3.34. The number of amides is 3. The smallest absolute Gasteiger partial charge is 0.409 e. The molecule has 1 aliphatic heterocycles. The van der Waals surface area contributed by atoms with Gasteiger partial charge >= 0.3 is 6.09 Å². The minimum Gasteiger partial charge on any atom is -0.450 e. The van der Waals surface area contributed by atoms with Crippen LogP contribution in [0.25, 0.3) is 0 Å². The lowest BCUT2D eigenvalue weighted by molar-refractivity contribution is -0.122. The number of aryl methyl sites for hydroxylation is 2. The highest BCUT2D eigenvalue weighted by Gasteiger charge is 2.24. The van der Waals surface area contributed by atoms with E-state index in [0.29, 0.717) is 44.6 Å². The molecule has 1 saturated heterocycles. The van der Waals surface area contributed by atoms with Gasteiger partial charge in [0.2, 0.25) is 5.91 Å². The number of ether oxygens (including phenoxy) is 1. The predicted molar refractivity (Wildman–Crippen MR) is 107 cm³/mol. The Morgan fingerprint density at radius 2 is 1.89 bits per heavy atom. The third kappa shape index (κ3) is 6.55. The average Bonchev–Trinajstić information content (AvgIpc) is 2.66. The minimum atomic E-state index is -0.285. The normalized spacial score (nSPS) is 14.5. The molecule has 154 valence electrons. The highest BCUT2D eigenvalue weighted by atomic mass is 16.6. The monoisotopic (exact) mass is 389 g/mol. The summed E-state index contributed by atoms with van der Waals surface area (Å²) in [6.45, 7) is 7.72. The number of carbonyl (C=O) groups excluding carboxylic acids is 3. The van der Waals surface area contributed by atoms with Crippen molar-refractivity contribution in [1.82, 2.24) is 15.5 Å². The first-order valence-electron chi connectivity index (χ1n) is 9.97. The molecule has 1 aliphatic rings. The van der Waals surface area contributed by atoms with Gasteiger partial charge < -0.3 is 20.3 Å². The van der Waals surface area contributed by atoms with E-state index in [4.69, 9.17) is 4.74 Å². The van der Waals surface area contributed by atoms with E-state index in [2.05, 4.69) is 10.6 Å². The first kappa shape index (κ1) is 21.7. The van der Waals surface area contributed by atoms with E-state index in [1.807, 2.05) is 32.0 Å². The largest absolute Gasteiger partial charge is 0.450 e. The Morgan fingerprint density at radius 1 is 1.18 bits per heavy atom. The van der Waals surface area contributed by atoms with Gasteiger partial charge in [-0.25, -0.2) is 4.79 Å². The second-order valence-corrected chi connectivity index (χ2v) is 7.21. The summed E-state index contributed by atoms with van der Waals surface area (Å²) in [6, 6.07) is 5.82. The second kappa shape index (κ2) is 10.7. The quantitative estimate of drug-likeness (QED) is 0.702. The van der Waals surface area contributed by atoms with E-state index in [1.165, 1.54) is 0 Å². The lowest BCUT2D eigenvalue weighted by atomic mass is 10.0. The van der Waals surface area contributed by atoms with Gasteiger partial charge in [0.15, 0.2) is 0 Å². The molecule has 0 bridgehead atoms. The standard InChI is InChI=1S/C21H31N3O4/c1-4-28-21(27)24-12-9-17(10-13-24)23-19(25)6-5-11-22-20(26)18-8-7-15(2)14-16(18)3/h7-8,14,17H,4-6,9-13H2,1-3H3,(H,22,26)(H,23,25). The Bertz CT molecular complexity index is 697. The Balaban J connectivity index is 1.63. The molecule has 3 amide bonds. The summed E-state index contributed by atoms with van der Waals surface area (Å²) >= 11 is 0. The van der Waals surface area contributed by atoms with Crippen LogP contribution in [-0.2, 0) is 9.53 Å². The number of carbonyl (C=O) groups is 3. The molecule has 7 heteroatoms. The molecule has 0 spiro atoms. The lowest BCUT2D eigenvalue weighted by Gasteiger charge is -2.31. The summed E-state index contributed by atoms with van der Waals surface area (Å²) in [5.41, 5.74) is 2.74. The predicted octanol–water partition coefficient (Wildman–Crippen LogP) is 2.55. The molecule has 1 aromatic rings. The molecule has 28 heavy (non-hydrogen) atoms. The van der Waals surface area contributed by atoms with Crippen molar-refractivity contribution in [1.29, 1.82) is 0 Å². The number of nitrogens with zero attached hydrogens (tertiary/aromatic N) is 1. The summed E-state index contributed by atoms with van der Waals surface area (Å²) in [4.78, 5) is 37.7. The summed E-state index contributed by atoms with van der Waals surface area (Å²) in [5, 5.41) is 5.89. The molecule has 1 fully saturated rings. The van der Waals surface area contributed by atoms with E-state index >= 15 is 0 Å². The molecular formula is C21H31N3O4. The van der Waals surface area contributed by atoms with E-state index in [0.717, 1.165) is 24.0 Å². The van der Waals surface area contributed by atoms with E-state index in [-0.39, 0.29) is 23.9 Å². The molecule has 1 aromatic carbocycles. The van der Waals surface area contributed by atoms with Crippen molar-refractivity contribution < 1.29 is 19.1 Å². The van der Waals surface area contributed by atoms with E-state index in [9.17, 15) is 14.4 Å². The highest BCUT2D eigenvalue weighted by Crippen LogP contribution is 2.12. The van der Waals surface area contributed by atoms with Crippen LogP contribution in [0.15, 0.2) is 18.2 Å².